The highest BCUT2D eigenvalue weighted by Crippen LogP contribution is 2.20. The molecular weight excluding hydrogens is 216 g/mol. The Labute approximate surface area is 105 Å². The quantitative estimate of drug-likeness (QED) is 0.389. The van der Waals surface area contributed by atoms with Crippen LogP contribution in [0, 0.1) is 0 Å². The average Bonchev–Trinajstić information content (AvgIpc) is 2.57. The van der Waals surface area contributed by atoms with E-state index in [0.717, 1.165) is 38.7 Å². The summed E-state index contributed by atoms with van der Waals surface area (Å²) in [5.41, 5.74) is 0. The van der Waals surface area contributed by atoms with Gasteiger partial charge in [0.05, 0.1) is 0 Å². The molecule has 0 N–H and O–H groups in total. The van der Waals surface area contributed by atoms with Crippen LogP contribution in [-0.4, -0.2) is 25.8 Å². The van der Waals surface area contributed by atoms with Crippen molar-refractivity contribution >= 4 is 5.97 Å². The van der Waals surface area contributed by atoms with Crippen LogP contribution in [-0.2, 0) is 14.3 Å². The molecule has 0 amide bonds. The Kier molecular flexibility index (Phi) is 8.06. The molecule has 1 aliphatic carbocycles. The Bertz CT molecular complexity index is 196. The molecule has 1 fully saturated rings. The van der Waals surface area contributed by atoms with Crippen LogP contribution in [0.2, 0.25) is 0 Å². The standard InChI is InChI=1S/C14H26O3/c1-16-12-8-4-7-11-14(15)17-13-9-5-2-3-6-10-13/h13H,2-12H2,1H3. The highest BCUT2D eigenvalue weighted by Gasteiger charge is 2.16. The maximum Gasteiger partial charge on any atom is 0.306 e. The zero-order valence-electron chi connectivity index (χ0n) is 11.1. The second-order valence-electron chi connectivity index (χ2n) is 4.91. The van der Waals surface area contributed by atoms with Crippen molar-refractivity contribution in [1.82, 2.24) is 0 Å². The normalized spacial score (nSPS) is 17.7. The van der Waals surface area contributed by atoms with Crippen LogP contribution in [0.5, 0.6) is 0 Å². The summed E-state index contributed by atoms with van der Waals surface area (Å²) in [5.74, 6) is -0.00526. The van der Waals surface area contributed by atoms with Crippen molar-refractivity contribution in [1.29, 1.82) is 0 Å². The van der Waals surface area contributed by atoms with Crippen LogP contribution in [0.25, 0.3) is 0 Å². The summed E-state index contributed by atoms with van der Waals surface area (Å²) in [6.45, 7) is 0.789. The number of rotatable bonds is 7. The second-order valence-corrected chi connectivity index (χ2v) is 4.91. The van der Waals surface area contributed by atoms with Gasteiger partial charge in [0, 0.05) is 20.1 Å². The van der Waals surface area contributed by atoms with E-state index < -0.39 is 0 Å². The molecule has 0 atom stereocenters. The molecule has 0 spiro atoms. The number of methoxy groups -OCH3 is 1. The van der Waals surface area contributed by atoms with Crippen molar-refractivity contribution in [3.8, 4) is 0 Å². The minimum absolute atomic E-state index is 0.00526. The lowest BCUT2D eigenvalue weighted by atomic mass is 10.1. The summed E-state index contributed by atoms with van der Waals surface area (Å²) >= 11 is 0. The third-order valence-electron chi connectivity index (χ3n) is 3.33. The maximum atomic E-state index is 11.6. The monoisotopic (exact) mass is 242 g/mol. The fraction of sp³-hybridized carbons (Fsp3) is 0.929. The van der Waals surface area contributed by atoms with Crippen molar-refractivity contribution in [3.05, 3.63) is 0 Å². The molecule has 0 radical (unpaired) electrons. The van der Waals surface area contributed by atoms with Crippen molar-refractivity contribution in [2.75, 3.05) is 13.7 Å². The third kappa shape index (κ3) is 7.37. The van der Waals surface area contributed by atoms with Gasteiger partial charge in [-0.05, 0) is 38.5 Å². The largest absolute Gasteiger partial charge is 0.462 e. The smallest absolute Gasteiger partial charge is 0.306 e. The predicted molar refractivity (Wildman–Crippen MR) is 67.9 cm³/mol. The van der Waals surface area contributed by atoms with Crippen molar-refractivity contribution in [3.63, 3.8) is 0 Å². The van der Waals surface area contributed by atoms with Gasteiger partial charge in [0.15, 0.2) is 0 Å². The van der Waals surface area contributed by atoms with Gasteiger partial charge in [-0.15, -0.1) is 0 Å². The minimum Gasteiger partial charge on any atom is -0.462 e. The first kappa shape index (κ1) is 14.5. The van der Waals surface area contributed by atoms with Gasteiger partial charge < -0.3 is 9.47 Å². The van der Waals surface area contributed by atoms with Crippen molar-refractivity contribution in [2.45, 2.75) is 70.3 Å². The van der Waals surface area contributed by atoms with Gasteiger partial charge in [0.2, 0.25) is 0 Å². The molecule has 0 aromatic carbocycles. The Morgan fingerprint density at radius 3 is 2.41 bits per heavy atom. The second kappa shape index (κ2) is 9.46. The summed E-state index contributed by atoms with van der Waals surface area (Å²) in [6, 6.07) is 0. The Morgan fingerprint density at radius 2 is 1.76 bits per heavy atom. The Morgan fingerprint density at radius 1 is 1.06 bits per heavy atom. The first-order chi connectivity index (χ1) is 8.33. The fourth-order valence-electron chi connectivity index (χ4n) is 2.30. The van der Waals surface area contributed by atoms with Crippen molar-refractivity contribution in [2.24, 2.45) is 0 Å². The van der Waals surface area contributed by atoms with E-state index in [1.807, 2.05) is 0 Å². The molecule has 0 aromatic rings. The third-order valence-corrected chi connectivity index (χ3v) is 3.33. The molecule has 100 valence electrons. The van der Waals surface area contributed by atoms with Crippen LogP contribution in [0.1, 0.15) is 64.2 Å². The van der Waals surface area contributed by atoms with Gasteiger partial charge in [-0.2, -0.15) is 0 Å². The Balaban J connectivity index is 2.03. The molecular formula is C14H26O3. The molecule has 1 saturated carbocycles. The van der Waals surface area contributed by atoms with E-state index in [1.165, 1.54) is 25.7 Å². The lowest BCUT2D eigenvalue weighted by Gasteiger charge is -2.15. The molecule has 3 heteroatoms. The van der Waals surface area contributed by atoms with E-state index in [2.05, 4.69) is 0 Å². The van der Waals surface area contributed by atoms with Crippen LogP contribution < -0.4 is 0 Å². The summed E-state index contributed by atoms with van der Waals surface area (Å²) in [7, 11) is 1.71. The zero-order chi connectivity index (χ0) is 12.3. The van der Waals surface area contributed by atoms with E-state index in [-0.39, 0.29) is 12.1 Å². The SMILES string of the molecule is COCCCCCC(=O)OC1CCCCCC1. The highest BCUT2D eigenvalue weighted by molar-refractivity contribution is 5.69. The molecule has 17 heavy (non-hydrogen) atoms. The van der Waals surface area contributed by atoms with Crippen LogP contribution in [0.3, 0.4) is 0 Å². The van der Waals surface area contributed by atoms with Crippen LogP contribution in [0.15, 0.2) is 0 Å². The lowest BCUT2D eigenvalue weighted by Crippen LogP contribution is -2.17. The predicted octanol–water partition coefficient (Wildman–Crippen LogP) is 3.46. The molecule has 0 heterocycles. The van der Waals surface area contributed by atoms with Gasteiger partial charge in [0.25, 0.3) is 0 Å². The molecule has 0 unspecified atom stereocenters. The van der Waals surface area contributed by atoms with Gasteiger partial charge in [-0.3, -0.25) is 4.79 Å². The number of carbonyl (C=O) groups excluding carboxylic acids is 1. The summed E-state index contributed by atoms with van der Waals surface area (Å²) in [6.07, 6.45) is 10.9. The van der Waals surface area contributed by atoms with Gasteiger partial charge in [-0.25, -0.2) is 0 Å². The number of ether oxygens (including phenoxy) is 2. The average molecular weight is 242 g/mol. The number of hydrogen-bond donors (Lipinski definition) is 0. The van der Waals surface area contributed by atoms with Gasteiger partial charge >= 0.3 is 5.97 Å². The summed E-state index contributed by atoms with van der Waals surface area (Å²) in [5, 5.41) is 0. The van der Waals surface area contributed by atoms with E-state index in [9.17, 15) is 4.79 Å². The summed E-state index contributed by atoms with van der Waals surface area (Å²) in [4.78, 5) is 11.6. The lowest BCUT2D eigenvalue weighted by molar-refractivity contribution is -0.149. The van der Waals surface area contributed by atoms with Gasteiger partial charge in [0.1, 0.15) is 6.10 Å². The van der Waals surface area contributed by atoms with Gasteiger partial charge in [-0.1, -0.05) is 19.3 Å². The Hall–Kier alpha value is -0.570. The molecule has 0 aliphatic heterocycles. The van der Waals surface area contributed by atoms with E-state index in [1.54, 1.807) is 7.11 Å². The molecule has 0 aromatic heterocycles. The number of unbranched alkanes of at least 4 members (excludes halogenated alkanes) is 2. The van der Waals surface area contributed by atoms with Crippen molar-refractivity contribution < 1.29 is 14.3 Å². The molecule has 1 aliphatic rings. The minimum atomic E-state index is -0.00526. The fourth-order valence-corrected chi connectivity index (χ4v) is 2.30. The number of esters is 1. The topological polar surface area (TPSA) is 35.5 Å². The van der Waals surface area contributed by atoms with E-state index >= 15 is 0 Å². The molecule has 0 saturated heterocycles. The zero-order valence-corrected chi connectivity index (χ0v) is 11.1. The highest BCUT2D eigenvalue weighted by atomic mass is 16.5. The number of carbonyl (C=O) groups is 1. The number of hydrogen-bond acceptors (Lipinski definition) is 3. The van der Waals surface area contributed by atoms with E-state index in [4.69, 9.17) is 9.47 Å². The van der Waals surface area contributed by atoms with Crippen LogP contribution in [0.4, 0.5) is 0 Å². The summed E-state index contributed by atoms with van der Waals surface area (Å²) < 4.78 is 10.5. The molecule has 3 nitrogen and oxygen atoms in total. The first-order valence-electron chi connectivity index (χ1n) is 7.01. The van der Waals surface area contributed by atoms with Crippen LogP contribution >= 0.6 is 0 Å². The maximum absolute atomic E-state index is 11.6. The molecule has 1 rings (SSSR count). The van der Waals surface area contributed by atoms with E-state index in [0.29, 0.717) is 6.42 Å². The first-order valence-corrected chi connectivity index (χ1v) is 7.01. The molecule has 0 bridgehead atoms.